The predicted octanol–water partition coefficient (Wildman–Crippen LogP) is 1.33. The lowest BCUT2D eigenvalue weighted by molar-refractivity contribution is -0.390. The third-order valence-electron chi connectivity index (χ3n) is 2.35. The Balaban J connectivity index is 2.26. The van der Waals surface area contributed by atoms with Gasteiger partial charge < -0.3 is 15.2 Å². The summed E-state index contributed by atoms with van der Waals surface area (Å²) in [6, 6.07) is 9.49. The summed E-state index contributed by atoms with van der Waals surface area (Å²) in [6.45, 7) is 0.0623. The second-order valence-electron chi connectivity index (χ2n) is 3.58. The molecule has 17 heavy (non-hydrogen) atoms. The molecule has 1 aromatic heterocycles. The lowest BCUT2D eigenvalue weighted by Gasteiger charge is -1.96. The Morgan fingerprint density at radius 3 is 2.59 bits per heavy atom. The molecule has 0 radical (unpaired) electrons. The summed E-state index contributed by atoms with van der Waals surface area (Å²) in [5.74, 6) is -0.288. The molecule has 0 fully saturated rings. The molecule has 0 unspecified atom stereocenters. The van der Waals surface area contributed by atoms with Crippen LogP contribution in [0.1, 0.15) is 11.1 Å². The molecule has 88 valence electrons. The maximum atomic E-state index is 10.7. The fourth-order valence-corrected chi connectivity index (χ4v) is 1.57. The molecular formula is C11H11N3O3. The first kappa shape index (κ1) is 11.3. The standard InChI is InChI=1S/C11H11N3O3/c15-8-10-7-13(12-11(10)14(16)17)6-9-4-2-1-3-5-9/h1-5,7,15H,6,8H2. The monoisotopic (exact) mass is 233 g/mol. The fourth-order valence-electron chi connectivity index (χ4n) is 1.57. The first-order valence-electron chi connectivity index (χ1n) is 5.06. The number of aliphatic hydroxyl groups is 1. The van der Waals surface area contributed by atoms with Crippen LogP contribution in [0, 0.1) is 10.1 Å². The molecule has 0 bridgehead atoms. The van der Waals surface area contributed by atoms with Gasteiger partial charge in [-0.1, -0.05) is 30.3 Å². The van der Waals surface area contributed by atoms with Gasteiger partial charge in [0.15, 0.2) is 0 Å². The smallest absolute Gasteiger partial charge is 0.391 e. The van der Waals surface area contributed by atoms with Crippen molar-refractivity contribution in [2.24, 2.45) is 0 Å². The zero-order chi connectivity index (χ0) is 12.3. The van der Waals surface area contributed by atoms with E-state index < -0.39 is 4.92 Å². The fraction of sp³-hybridized carbons (Fsp3) is 0.182. The zero-order valence-electron chi connectivity index (χ0n) is 8.98. The van der Waals surface area contributed by atoms with Crippen molar-refractivity contribution in [1.82, 2.24) is 9.78 Å². The number of nitrogens with zero attached hydrogens (tertiary/aromatic N) is 3. The van der Waals surface area contributed by atoms with E-state index in [1.54, 1.807) is 0 Å². The van der Waals surface area contributed by atoms with Crippen LogP contribution < -0.4 is 0 Å². The Hall–Kier alpha value is -2.21. The van der Waals surface area contributed by atoms with Gasteiger partial charge in [0.25, 0.3) is 0 Å². The molecule has 2 aromatic rings. The van der Waals surface area contributed by atoms with Crippen molar-refractivity contribution in [2.45, 2.75) is 13.2 Å². The third kappa shape index (κ3) is 2.48. The van der Waals surface area contributed by atoms with E-state index in [0.717, 1.165) is 5.56 Å². The van der Waals surface area contributed by atoms with Gasteiger partial charge in [0.05, 0.1) is 30.0 Å². The summed E-state index contributed by atoms with van der Waals surface area (Å²) >= 11 is 0. The summed E-state index contributed by atoms with van der Waals surface area (Å²) in [5.41, 5.74) is 1.22. The summed E-state index contributed by atoms with van der Waals surface area (Å²) in [5, 5.41) is 23.5. The van der Waals surface area contributed by atoms with Gasteiger partial charge in [-0.15, -0.1) is 0 Å². The average molecular weight is 233 g/mol. The zero-order valence-corrected chi connectivity index (χ0v) is 8.98. The number of aromatic nitrogens is 2. The molecule has 0 amide bonds. The van der Waals surface area contributed by atoms with Gasteiger partial charge in [-0.05, 0) is 10.5 Å². The van der Waals surface area contributed by atoms with Gasteiger partial charge in [-0.2, -0.15) is 4.68 Å². The van der Waals surface area contributed by atoms with Crippen molar-refractivity contribution in [1.29, 1.82) is 0 Å². The lowest BCUT2D eigenvalue weighted by Crippen LogP contribution is -2.00. The first-order chi connectivity index (χ1) is 8.20. The number of nitro groups is 1. The SMILES string of the molecule is O=[N+]([O-])c1nn(Cc2ccccc2)cc1CO. The average Bonchev–Trinajstić information content (AvgIpc) is 2.73. The van der Waals surface area contributed by atoms with Gasteiger partial charge >= 0.3 is 5.82 Å². The number of aliphatic hydroxyl groups excluding tert-OH is 1. The molecule has 0 spiro atoms. The first-order valence-corrected chi connectivity index (χ1v) is 5.06. The molecule has 6 nitrogen and oxygen atoms in total. The molecule has 1 heterocycles. The Bertz CT molecular complexity index is 522. The van der Waals surface area contributed by atoms with Crippen LogP contribution in [-0.2, 0) is 13.2 Å². The van der Waals surface area contributed by atoms with Gasteiger partial charge in [-0.25, -0.2) is 0 Å². The van der Waals surface area contributed by atoms with Crippen LogP contribution in [0.4, 0.5) is 5.82 Å². The lowest BCUT2D eigenvalue weighted by atomic mass is 10.2. The molecule has 0 saturated heterocycles. The van der Waals surface area contributed by atoms with E-state index >= 15 is 0 Å². The van der Waals surface area contributed by atoms with Crippen LogP contribution in [0.15, 0.2) is 36.5 Å². The van der Waals surface area contributed by atoms with Crippen LogP contribution in [0.3, 0.4) is 0 Å². The minimum absolute atomic E-state index is 0.228. The topological polar surface area (TPSA) is 81.2 Å². The second kappa shape index (κ2) is 4.75. The summed E-state index contributed by atoms with van der Waals surface area (Å²) in [7, 11) is 0. The number of hydrogen-bond acceptors (Lipinski definition) is 4. The van der Waals surface area contributed by atoms with Crippen molar-refractivity contribution in [3.63, 3.8) is 0 Å². The molecule has 0 saturated carbocycles. The minimum atomic E-state index is -0.590. The summed E-state index contributed by atoms with van der Waals surface area (Å²) in [6.07, 6.45) is 1.49. The Morgan fingerprint density at radius 1 is 1.35 bits per heavy atom. The van der Waals surface area contributed by atoms with E-state index in [9.17, 15) is 10.1 Å². The molecule has 1 N–H and O–H groups in total. The Kier molecular flexibility index (Phi) is 3.15. The number of benzene rings is 1. The number of rotatable bonds is 4. The molecule has 6 heteroatoms. The van der Waals surface area contributed by atoms with E-state index in [0.29, 0.717) is 6.54 Å². The van der Waals surface area contributed by atoms with E-state index in [-0.39, 0.29) is 18.0 Å². The largest absolute Gasteiger partial charge is 0.395 e. The highest BCUT2D eigenvalue weighted by atomic mass is 16.6. The summed E-state index contributed by atoms with van der Waals surface area (Å²) < 4.78 is 1.46. The minimum Gasteiger partial charge on any atom is -0.391 e. The molecule has 0 atom stereocenters. The van der Waals surface area contributed by atoms with Crippen molar-refractivity contribution in [3.05, 3.63) is 57.8 Å². The van der Waals surface area contributed by atoms with Crippen molar-refractivity contribution in [3.8, 4) is 0 Å². The van der Waals surface area contributed by atoms with E-state index in [1.807, 2.05) is 30.3 Å². The van der Waals surface area contributed by atoms with Gasteiger partial charge in [0, 0.05) is 0 Å². The Labute approximate surface area is 97.3 Å². The quantitative estimate of drug-likeness (QED) is 0.638. The van der Waals surface area contributed by atoms with Crippen molar-refractivity contribution in [2.75, 3.05) is 0 Å². The normalized spacial score (nSPS) is 10.4. The van der Waals surface area contributed by atoms with Crippen LogP contribution >= 0.6 is 0 Å². The predicted molar refractivity (Wildman–Crippen MR) is 60.3 cm³/mol. The third-order valence-corrected chi connectivity index (χ3v) is 2.35. The maximum Gasteiger partial charge on any atom is 0.395 e. The van der Waals surface area contributed by atoms with Crippen LogP contribution in [0.2, 0.25) is 0 Å². The molecule has 0 aliphatic heterocycles. The van der Waals surface area contributed by atoms with E-state index in [1.165, 1.54) is 10.9 Å². The van der Waals surface area contributed by atoms with Crippen molar-refractivity contribution < 1.29 is 10.0 Å². The molecule has 0 aliphatic carbocycles. The summed E-state index contributed by atoms with van der Waals surface area (Å²) in [4.78, 5) is 10.1. The van der Waals surface area contributed by atoms with Gasteiger partial charge in [-0.3, -0.25) is 0 Å². The van der Waals surface area contributed by atoms with Crippen LogP contribution in [0.5, 0.6) is 0 Å². The molecule has 1 aromatic carbocycles. The molecule has 2 rings (SSSR count). The second-order valence-corrected chi connectivity index (χ2v) is 3.58. The van der Waals surface area contributed by atoms with E-state index in [2.05, 4.69) is 5.10 Å². The highest BCUT2D eigenvalue weighted by Crippen LogP contribution is 2.16. The highest BCUT2D eigenvalue weighted by Gasteiger charge is 2.19. The highest BCUT2D eigenvalue weighted by molar-refractivity contribution is 5.29. The van der Waals surface area contributed by atoms with Crippen LogP contribution in [0.25, 0.3) is 0 Å². The van der Waals surface area contributed by atoms with Gasteiger partial charge in [0.2, 0.25) is 0 Å². The van der Waals surface area contributed by atoms with Crippen molar-refractivity contribution >= 4 is 5.82 Å². The molecule has 0 aliphatic rings. The molecular weight excluding hydrogens is 222 g/mol. The number of hydrogen-bond donors (Lipinski definition) is 1. The maximum absolute atomic E-state index is 10.7. The van der Waals surface area contributed by atoms with E-state index in [4.69, 9.17) is 5.11 Å². The Morgan fingerprint density at radius 2 is 2.06 bits per heavy atom. The van der Waals surface area contributed by atoms with Gasteiger partial charge in [0.1, 0.15) is 0 Å². The van der Waals surface area contributed by atoms with Crippen LogP contribution in [-0.4, -0.2) is 19.8 Å².